The molecule has 0 saturated carbocycles. The predicted octanol–water partition coefficient (Wildman–Crippen LogP) is 1.46. The summed E-state index contributed by atoms with van der Waals surface area (Å²) < 4.78 is 0. The largest absolute Gasteiger partial charge is 0.233 e. The third kappa shape index (κ3) is 0.554. The van der Waals surface area contributed by atoms with Gasteiger partial charge in [-0.25, -0.2) is 4.79 Å². The van der Waals surface area contributed by atoms with Gasteiger partial charge in [-0.05, 0) is 11.1 Å². The Morgan fingerprint density at radius 1 is 1.30 bits per heavy atom. The molecule has 10 heavy (non-hydrogen) atoms. The highest BCUT2D eigenvalue weighted by atomic mass is 16.1. The number of carbonyl (C=O) groups excluding carboxylic acids is 1. The van der Waals surface area contributed by atoms with Crippen LogP contribution >= 0.6 is 0 Å². The molecule has 0 fully saturated rings. The normalized spacial score (nSPS) is 13.4. The fourth-order valence-electron chi connectivity index (χ4n) is 1.24. The first kappa shape index (κ1) is 5.45. The third-order valence-electron chi connectivity index (χ3n) is 1.83. The SMILES string of the molecule is O=C=C1Cc2ccccc21. The van der Waals surface area contributed by atoms with Gasteiger partial charge in [0.25, 0.3) is 0 Å². The molecule has 0 spiro atoms. The molecule has 1 aliphatic rings. The van der Waals surface area contributed by atoms with Crippen molar-refractivity contribution in [2.24, 2.45) is 0 Å². The lowest BCUT2D eigenvalue weighted by atomic mass is 9.84. The molecule has 0 N–H and O–H groups in total. The highest BCUT2D eigenvalue weighted by Gasteiger charge is 2.18. The second-order valence-corrected chi connectivity index (χ2v) is 2.41. The Morgan fingerprint density at radius 2 is 2.10 bits per heavy atom. The average molecular weight is 130 g/mol. The maximum Gasteiger partial charge on any atom is 0.128 e. The Hall–Kier alpha value is -1.33. The predicted molar refractivity (Wildman–Crippen MR) is 39.2 cm³/mol. The molecule has 0 atom stereocenters. The summed E-state index contributed by atoms with van der Waals surface area (Å²) in [5.74, 6) is 1.92. The second-order valence-electron chi connectivity index (χ2n) is 2.41. The first-order valence-electron chi connectivity index (χ1n) is 3.24. The maximum absolute atomic E-state index is 10.2. The monoisotopic (exact) mass is 130 g/mol. The van der Waals surface area contributed by atoms with Gasteiger partial charge in [-0.15, -0.1) is 0 Å². The minimum atomic E-state index is 0.805. The Balaban J connectivity index is 2.62. The van der Waals surface area contributed by atoms with Crippen LogP contribution in [0.25, 0.3) is 5.57 Å². The molecule has 0 bridgehead atoms. The molecule has 1 aliphatic carbocycles. The van der Waals surface area contributed by atoms with Gasteiger partial charge in [0, 0.05) is 12.0 Å². The smallest absolute Gasteiger partial charge is 0.128 e. The van der Waals surface area contributed by atoms with E-state index in [4.69, 9.17) is 0 Å². The number of fused-ring (bicyclic) bond motifs is 1. The van der Waals surface area contributed by atoms with Crippen LogP contribution in [0, 0.1) is 0 Å². The van der Waals surface area contributed by atoms with Crippen molar-refractivity contribution < 1.29 is 4.79 Å². The van der Waals surface area contributed by atoms with Crippen LogP contribution in [-0.2, 0) is 11.2 Å². The molecule has 1 aromatic rings. The summed E-state index contributed by atoms with van der Waals surface area (Å²) in [5.41, 5.74) is 3.16. The number of hydrogen-bond acceptors (Lipinski definition) is 1. The third-order valence-corrected chi connectivity index (χ3v) is 1.83. The molecule has 1 aromatic carbocycles. The van der Waals surface area contributed by atoms with Gasteiger partial charge in [-0.3, -0.25) is 0 Å². The number of benzene rings is 1. The van der Waals surface area contributed by atoms with Crippen molar-refractivity contribution in [3.63, 3.8) is 0 Å². The molecule has 1 nitrogen and oxygen atoms in total. The zero-order valence-corrected chi connectivity index (χ0v) is 5.42. The summed E-state index contributed by atoms with van der Waals surface area (Å²) in [6, 6.07) is 7.92. The fraction of sp³-hybridized carbons (Fsp3) is 0.111. The van der Waals surface area contributed by atoms with Crippen molar-refractivity contribution in [2.45, 2.75) is 6.42 Å². The van der Waals surface area contributed by atoms with E-state index in [0.717, 1.165) is 17.6 Å². The van der Waals surface area contributed by atoms with Crippen LogP contribution in [0.15, 0.2) is 24.3 Å². The molecule has 0 heterocycles. The van der Waals surface area contributed by atoms with Gasteiger partial charge < -0.3 is 0 Å². The molecule has 0 amide bonds. The Bertz CT molecular complexity index is 319. The van der Waals surface area contributed by atoms with E-state index >= 15 is 0 Å². The molecule has 0 radical (unpaired) electrons. The summed E-state index contributed by atoms with van der Waals surface area (Å²) >= 11 is 0. The van der Waals surface area contributed by atoms with E-state index in [1.54, 1.807) is 0 Å². The number of rotatable bonds is 0. The van der Waals surface area contributed by atoms with E-state index in [1.807, 2.05) is 30.2 Å². The van der Waals surface area contributed by atoms with Crippen LogP contribution < -0.4 is 0 Å². The van der Waals surface area contributed by atoms with Gasteiger partial charge in [-0.2, -0.15) is 0 Å². The van der Waals surface area contributed by atoms with Crippen molar-refractivity contribution in [2.75, 3.05) is 0 Å². The van der Waals surface area contributed by atoms with Gasteiger partial charge in [0.2, 0.25) is 0 Å². The van der Waals surface area contributed by atoms with Crippen LogP contribution in [0.2, 0.25) is 0 Å². The van der Waals surface area contributed by atoms with Crippen molar-refractivity contribution in [3.05, 3.63) is 35.4 Å². The Kier molecular flexibility index (Phi) is 0.996. The lowest BCUT2D eigenvalue weighted by molar-refractivity contribution is 0.569. The van der Waals surface area contributed by atoms with Gasteiger partial charge in [-0.1, -0.05) is 24.3 Å². The zero-order chi connectivity index (χ0) is 6.97. The quantitative estimate of drug-likeness (QED) is 0.486. The first-order chi connectivity index (χ1) is 4.92. The van der Waals surface area contributed by atoms with Gasteiger partial charge in [0.15, 0.2) is 0 Å². The van der Waals surface area contributed by atoms with Crippen molar-refractivity contribution in [1.82, 2.24) is 0 Å². The highest BCUT2D eigenvalue weighted by Crippen LogP contribution is 2.30. The zero-order valence-electron chi connectivity index (χ0n) is 5.42. The summed E-state index contributed by atoms with van der Waals surface area (Å²) in [7, 11) is 0. The van der Waals surface area contributed by atoms with Crippen molar-refractivity contribution in [3.8, 4) is 0 Å². The standard InChI is InChI=1S/C9H6O/c10-6-8-5-7-3-1-2-4-9(7)8/h1-4H,5H2. The summed E-state index contributed by atoms with van der Waals surface area (Å²) in [4.78, 5) is 10.2. The molecule has 48 valence electrons. The van der Waals surface area contributed by atoms with E-state index in [1.165, 1.54) is 5.56 Å². The highest BCUT2D eigenvalue weighted by molar-refractivity contribution is 5.95. The second kappa shape index (κ2) is 1.83. The van der Waals surface area contributed by atoms with Gasteiger partial charge in [0.05, 0.1) is 0 Å². The average Bonchev–Trinajstić information content (AvgIpc) is 1.92. The Morgan fingerprint density at radius 3 is 2.80 bits per heavy atom. The van der Waals surface area contributed by atoms with Gasteiger partial charge >= 0.3 is 0 Å². The lowest BCUT2D eigenvalue weighted by Crippen LogP contribution is -2.06. The van der Waals surface area contributed by atoms with Crippen LogP contribution in [0.5, 0.6) is 0 Å². The van der Waals surface area contributed by atoms with E-state index in [9.17, 15) is 4.79 Å². The van der Waals surface area contributed by atoms with Crippen LogP contribution in [-0.4, -0.2) is 5.94 Å². The summed E-state index contributed by atoms with van der Waals surface area (Å²) in [6.07, 6.45) is 0.805. The van der Waals surface area contributed by atoms with Crippen LogP contribution in [0.3, 0.4) is 0 Å². The summed E-state index contributed by atoms with van der Waals surface area (Å²) in [6.45, 7) is 0. The maximum atomic E-state index is 10.2. The first-order valence-corrected chi connectivity index (χ1v) is 3.24. The number of allylic oxidation sites excluding steroid dienone is 1. The molecule has 0 aromatic heterocycles. The molecule has 0 unspecified atom stereocenters. The fourth-order valence-corrected chi connectivity index (χ4v) is 1.24. The number of hydrogen-bond donors (Lipinski definition) is 0. The molecule has 0 aliphatic heterocycles. The lowest BCUT2D eigenvalue weighted by Gasteiger charge is -2.18. The van der Waals surface area contributed by atoms with E-state index in [2.05, 4.69) is 0 Å². The summed E-state index contributed by atoms with van der Waals surface area (Å²) in [5, 5.41) is 0. The van der Waals surface area contributed by atoms with Crippen LogP contribution in [0.4, 0.5) is 0 Å². The van der Waals surface area contributed by atoms with Crippen molar-refractivity contribution >= 4 is 11.5 Å². The van der Waals surface area contributed by atoms with Crippen molar-refractivity contribution in [1.29, 1.82) is 0 Å². The van der Waals surface area contributed by atoms with Gasteiger partial charge in [0.1, 0.15) is 5.94 Å². The molecule has 0 saturated heterocycles. The molecule has 2 rings (SSSR count). The van der Waals surface area contributed by atoms with E-state index in [0.29, 0.717) is 0 Å². The van der Waals surface area contributed by atoms with E-state index < -0.39 is 0 Å². The molecule has 1 heteroatoms. The Labute approximate surface area is 59.0 Å². The minimum Gasteiger partial charge on any atom is -0.233 e. The minimum absolute atomic E-state index is 0.805. The van der Waals surface area contributed by atoms with Crippen LogP contribution in [0.1, 0.15) is 11.1 Å². The molecular weight excluding hydrogens is 124 g/mol. The van der Waals surface area contributed by atoms with E-state index in [-0.39, 0.29) is 0 Å². The molecular formula is C9H6O. The topological polar surface area (TPSA) is 17.1 Å².